The maximum atomic E-state index is 14.5. The summed E-state index contributed by atoms with van der Waals surface area (Å²) in [6, 6.07) is 8.79. The fraction of sp³-hybridized carbons (Fsp3) is 0.500. The van der Waals surface area contributed by atoms with Crippen LogP contribution >= 0.6 is 0 Å². The number of carbonyl (C=O) groups excluding carboxylic acids is 3. The molecular formula is C30H36FN3O8S. The summed E-state index contributed by atoms with van der Waals surface area (Å²) < 4.78 is 55.7. The first-order valence-electron chi connectivity index (χ1n) is 14.4. The molecule has 0 unspecified atom stereocenters. The molecule has 2 aromatic carbocycles. The number of amides is 3. The number of sulfone groups is 1. The molecule has 43 heavy (non-hydrogen) atoms. The highest BCUT2D eigenvalue weighted by atomic mass is 32.2. The van der Waals surface area contributed by atoms with E-state index in [2.05, 4.69) is 10.6 Å². The number of aryl methyl sites for hydroxylation is 1. The Labute approximate surface area is 250 Å². The van der Waals surface area contributed by atoms with Gasteiger partial charge in [-0.05, 0) is 54.7 Å². The molecular weight excluding hydrogens is 581 g/mol. The summed E-state index contributed by atoms with van der Waals surface area (Å²) in [5.74, 6) is -0.769. The van der Waals surface area contributed by atoms with Crippen LogP contribution in [0, 0.1) is 11.7 Å². The second kappa shape index (κ2) is 13.2. The van der Waals surface area contributed by atoms with Gasteiger partial charge in [0, 0.05) is 44.5 Å². The lowest BCUT2D eigenvalue weighted by atomic mass is 9.96. The number of nitrogens with one attached hydrogen (secondary N) is 2. The van der Waals surface area contributed by atoms with Crippen LogP contribution in [0.25, 0.3) is 0 Å². The predicted octanol–water partition coefficient (Wildman–Crippen LogP) is 1.77. The first kappa shape index (κ1) is 30.6. The topological polar surface area (TPSA) is 140 Å². The van der Waals surface area contributed by atoms with Crippen LogP contribution in [0.15, 0.2) is 36.4 Å². The minimum Gasteiger partial charge on any atom is -0.493 e. The van der Waals surface area contributed by atoms with Gasteiger partial charge in [-0.1, -0.05) is 6.07 Å². The largest absolute Gasteiger partial charge is 0.493 e. The molecule has 2 aromatic rings. The van der Waals surface area contributed by atoms with Gasteiger partial charge in [-0.2, -0.15) is 0 Å². The number of hydrogen-bond donors (Lipinski definition) is 2. The molecule has 0 saturated carbocycles. The third-order valence-electron chi connectivity index (χ3n) is 8.05. The van der Waals surface area contributed by atoms with Gasteiger partial charge in [-0.3, -0.25) is 14.4 Å². The number of carbonyl (C=O) groups is 3. The number of nitrogens with zero attached hydrogens (tertiary/aromatic N) is 1. The number of benzene rings is 2. The SMILES string of the molecule is COc1ccc2cc1OCC(=O)N[C@@H]1CN(C(=O)C3CCS(=O)(=O)CC3)CC[C@H]1Oc1cc(F)cc(c1)CNC(=O)CC2. The third kappa shape index (κ3) is 7.95. The molecule has 3 heterocycles. The summed E-state index contributed by atoms with van der Waals surface area (Å²) >= 11 is 0. The van der Waals surface area contributed by atoms with Gasteiger partial charge < -0.3 is 29.7 Å². The zero-order chi connectivity index (χ0) is 30.6. The predicted molar refractivity (Wildman–Crippen MR) is 154 cm³/mol. The standard InChI is InChI=1S/C30H36FN3O8S/c1-40-26-4-2-19-3-5-28(35)32-16-20-12-22(31)15-23(13-20)42-25-6-9-34(30(37)21-7-10-43(38,39)11-8-21)17-24(25)33-29(36)18-41-27(26)14-19/h2,4,12-15,21,24-25H,3,5-11,16-18H2,1H3,(H,32,35)(H,33,36)/t24-,25-/m1/s1. The van der Waals surface area contributed by atoms with Gasteiger partial charge in [0.1, 0.15) is 27.5 Å². The Bertz CT molecular complexity index is 1470. The molecule has 0 aliphatic carbocycles. The van der Waals surface area contributed by atoms with E-state index in [0.29, 0.717) is 36.4 Å². The fourth-order valence-electron chi connectivity index (χ4n) is 5.70. The summed E-state index contributed by atoms with van der Waals surface area (Å²) in [6.45, 7) is 0.226. The molecule has 5 rings (SSSR count). The van der Waals surface area contributed by atoms with E-state index in [9.17, 15) is 27.2 Å². The highest BCUT2D eigenvalue weighted by Gasteiger charge is 2.38. The molecule has 2 N–H and O–H groups in total. The van der Waals surface area contributed by atoms with E-state index >= 15 is 0 Å². The van der Waals surface area contributed by atoms with Crippen LogP contribution in [-0.4, -0.2) is 81.5 Å². The first-order valence-corrected chi connectivity index (χ1v) is 16.2. The molecule has 232 valence electrons. The maximum Gasteiger partial charge on any atom is 0.258 e. The lowest BCUT2D eigenvalue weighted by Gasteiger charge is -2.40. The highest BCUT2D eigenvalue weighted by Crippen LogP contribution is 2.29. The Morgan fingerprint density at radius 2 is 1.81 bits per heavy atom. The monoisotopic (exact) mass is 617 g/mol. The Balaban J connectivity index is 1.38. The number of piperidine rings is 1. The van der Waals surface area contributed by atoms with Gasteiger partial charge in [-0.15, -0.1) is 0 Å². The summed E-state index contributed by atoms with van der Waals surface area (Å²) in [5, 5.41) is 5.74. The van der Waals surface area contributed by atoms with Gasteiger partial charge in [0.05, 0.1) is 24.7 Å². The van der Waals surface area contributed by atoms with Crippen molar-refractivity contribution in [3.8, 4) is 17.2 Å². The molecule has 2 fully saturated rings. The lowest BCUT2D eigenvalue weighted by Crippen LogP contribution is -2.59. The van der Waals surface area contributed by atoms with Gasteiger partial charge in [-0.25, -0.2) is 12.8 Å². The average Bonchev–Trinajstić information content (AvgIpc) is 2.98. The second-order valence-corrected chi connectivity index (χ2v) is 13.5. The molecule has 2 saturated heterocycles. The quantitative estimate of drug-likeness (QED) is 0.520. The molecule has 11 nitrogen and oxygen atoms in total. The molecule has 4 bridgehead atoms. The van der Waals surface area contributed by atoms with E-state index in [-0.39, 0.29) is 68.0 Å². The number of halogens is 1. The van der Waals surface area contributed by atoms with E-state index in [1.165, 1.54) is 19.2 Å². The number of ether oxygens (including phenoxy) is 3. The zero-order valence-corrected chi connectivity index (χ0v) is 24.8. The molecule has 3 aliphatic heterocycles. The Morgan fingerprint density at radius 3 is 2.58 bits per heavy atom. The van der Waals surface area contributed by atoms with Gasteiger partial charge in [0.15, 0.2) is 18.1 Å². The van der Waals surface area contributed by atoms with Gasteiger partial charge in [0.2, 0.25) is 11.8 Å². The minimum atomic E-state index is -3.12. The van der Waals surface area contributed by atoms with Crippen LogP contribution < -0.4 is 24.8 Å². The molecule has 0 radical (unpaired) electrons. The number of fused-ring (bicyclic) bond motifs is 5. The van der Waals surface area contributed by atoms with Crippen molar-refractivity contribution in [2.75, 3.05) is 38.3 Å². The highest BCUT2D eigenvalue weighted by molar-refractivity contribution is 7.91. The maximum absolute atomic E-state index is 14.5. The van der Waals surface area contributed by atoms with Crippen molar-refractivity contribution in [1.82, 2.24) is 15.5 Å². The molecule has 0 aromatic heterocycles. The van der Waals surface area contributed by atoms with Crippen molar-refractivity contribution in [3.05, 3.63) is 53.3 Å². The van der Waals surface area contributed by atoms with E-state index in [0.717, 1.165) is 5.56 Å². The van der Waals surface area contributed by atoms with Crippen LogP contribution in [-0.2, 0) is 37.2 Å². The summed E-state index contributed by atoms with van der Waals surface area (Å²) in [5.41, 5.74) is 1.33. The fourth-order valence-corrected chi connectivity index (χ4v) is 7.19. The average molecular weight is 618 g/mol. The van der Waals surface area contributed by atoms with E-state index in [4.69, 9.17) is 14.2 Å². The lowest BCUT2D eigenvalue weighted by molar-refractivity contribution is -0.139. The molecule has 13 heteroatoms. The summed E-state index contributed by atoms with van der Waals surface area (Å²) in [7, 11) is -1.64. The van der Waals surface area contributed by atoms with Crippen LogP contribution in [0.1, 0.15) is 36.8 Å². The van der Waals surface area contributed by atoms with Crippen molar-refractivity contribution in [2.45, 2.75) is 50.8 Å². The van der Waals surface area contributed by atoms with Crippen molar-refractivity contribution in [2.24, 2.45) is 5.92 Å². The normalized spacial score (nSPS) is 23.3. The van der Waals surface area contributed by atoms with Crippen molar-refractivity contribution in [3.63, 3.8) is 0 Å². The molecule has 3 amide bonds. The number of methoxy groups -OCH3 is 1. The first-order chi connectivity index (χ1) is 20.6. The Kier molecular flexibility index (Phi) is 9.38. The number of rotatable bonds is 2. The summed E-state index contributed by atoms with van der Waals surface area (Å²) in [6.07, 6.45) is 0.899. The van der Waals surface area contributed by atoms with Crippen LogP contribution in [0.4, 0.5) is 4.39 Å². The van der Waals surface area contributed by atoms with E-state index < -0.39 is 39.6 Å². The number of hydrogen-bond acceptors (Lipinski definition) is 8. The van der Waals surface area contributed by atoms with E-state index in [1.807, 2.05) is 6.07 Å². The van der Waals surface area contributed by atoms with E-state index in [1.54, 1.807) is 23.1 Å². The van der Waals surface area contributed by atoms with Gasteiger partial charge >= 0.3 is 0 Å². The Hall–Kier alpha value is -3.87. The van der Waals surface area contributed by atoms with Crippen LogP contribution in [0.2, 0.25) is 0 Å². The summed E-state index contributed by atoms with van der Waals surface area (Å²) in [4.78, 5) is 40.7. The molecule has 0 spiro atoms. The molecule has 2 atom stereocenters. The van der Waals surface area contributed by atoms with Crippen molar-refractivity contribution < 1.29 is 41.4 Å². The zero-order valence-electron chi connectivity index (χ0n) is 24.0. The number of likely N-dealkylation sites (tertiary alicyclic amines) is 1. The van der Waals surface area contributed by atoms with Crippen molar-refractivity contribution >= 4 is 27.6 Å². The van der Waals surface area contributed by atoms with Crippen molar-refractivity contribution in [1.29, 1.82) is 0 Å². The minimum absolute atomic E-state index is 0.0203. The second-order valence-electron chi connectivity index (χ2n) is 11.2. The third-order valence-corrected chi connectivity index (χ3v) is 9.76. The Morgan fingerprint density at radius 1 is 1.02 bits per heavy atom. The molecule has 3 aliphatic rings. The van der Waals surface area contributed by atoms with Crippen LogP contribution in [0.5, 0.6) is 17.2 Å². The van der Waals surface area contributed by atoms with Gasteiger partial charge in [0.25, 0.3) is 5.91 Å². The van der Waals surface area contributed by atoms with Crippen LogP contribution in [0.3, 0.4) is 0 Å². The smallest absolute Gasteiger partial charge is 0.258 e.